The Bertz CT molecular complexity index is 427. The third-order valence-corrected chi connectivity index (χ3v) is 3.39. The van der Waals surface area contributed by atoms with Crippen molar-refractivity contribution in [2.24, 2.45) is 16.9 Å². The quantitative estimate of drug-likeness (QED) is 0.800. The van der Waals surface area contributed by atoms with Crippen LogP contribution in [0, 0.1) is 5.41 Å². The molecule has 0 heterocycles. The number of rotatable bonds is 6. The monoisotopic (exact) mass is 248 g/mol. The van der Waals surface area contributed by atoms with Crippen LogP contribution < -0.4 is 11.5 Å². The molecule has 4 heteroatoms. The number of benzene rings is 1. The van der Waals surface area contributed by atoms with E-state index in [9.17, 15) is 9.59 Å². The average molecular weight is 248 g/mol. The fourth-order valence-corrected chi connectivity index (χ4v) is 2.09. The minimum Gasteiger partial charge on any atom is -0.370 e. The van der Waals surface area contributed by atoms with Gasteiger partial charge in [0.1, 0.15) is 0 Å². The van der Waals surface area contributed by atoms with Crippen LogP contribution in [0.2, 0.25) is 0 Å². The first-order chi connectivity index (χ1) is 8.35. The van der Waals surface area contributed by atoms with Gasteiger partial charge in [0.25, 0.3) is 0 Å². The predicted molar refractivity (Wildman–Crippen MR) is 70.6 cm³/mol. The smallest absolute Gasteiger partial charge is 0.223 e. The van der Waals surface area contributed by atoms with Crippen molar-refractivity contribution in [3.8, 4) is 0 Å². The normalized spacial score (nSPS) is 13.0. The lowest BCUT2D eigenvalue weighted by Crippen LogP contribution is -2.37. The maximum Gasteiger partial charge on any atom is 0.223 e. The summed E-state index contributed by atoms with van der Waals surface area (Å²) in [5.41, 5.74) is 10.9. The lowest BCUT2D eigenvalue weighted by Gasteiger charge is -2.31. The molecule has 1 aromatic rings. The van der Waals surface area contributed by atoms with Crippen LogP contribution in [0.15, 0.2) is 30.3 Å². The number of carbonyl (C=O) groups excluding carboxylic acids is 2. The molecule has 4 N–H and O–H groups in total. The summed E-state index contributed by atoms with van der Waals surface area (Å²) in [6.45, 7) is 3.60. The second-order valence-electron chi connectivity index (χ2n) is 5.05. The maximum absolute atomic E-state index is 11.6. The van der Waals surface area contributed by atoms with Crippen molar-refractivity contribution in [1.29, 1.82) is 0 Å². The van der Waals surface area contributed by atoms with Crippen LogP contribution >= 0.6 is 0 Å². The Kier molecular flexibility index (Phi) is 4.48. The molecule has 0 aliphatic carbocycles. The zero-order valence-corrected chi connectivity index (χ0v) is 10.8. The van der Waals surface area contributed by atoms with E-state index in [2.05, 4.69) is 0 Å². The molecule has 1 unspecified atom stereocenters. The molecule has 4 nitrogen and oxygen atoms in total. The first-order valence-electron chi connectivity index (χ1n) is 5.99. The number of carbonyl (C=O) groups is 2. The van der Waals surface area contributed by atoms with Gasteiger partial charge in [-0.1, -0.05) is 44.2 Å². The van der Waals surface area contributed by atoms with Crippen LogP contribution in [0.3, 0.4) is 0 Å². The molecule has 0 saturated heterocycles. The third kappa shape index (κ3) is 3.32. The van der Waals surface area contributed by atoms with E-state index in [-0.39, 0.29) is 24.2 Å². The van der Waals surface area contributed by atoms with E-state index in [0.29, 0.717) is 6.42 Å². The Morgan fingerprint density at radius 1 is 1.17 bits per heavy atom. The highest BCUT2D eigenvalue weighted by Crippen LogP contribution is 2.38. The SMILES string of the molecule is CC(C)(C(N)=O)C(CCC(N)=O)c1ccccc1. The number of nitrogens with two attached hydrogens (primary N) is 2. The number of primary amides is 2. The van der Waals surface area contributed by atoms with Crippen molar-refractivity contribution >= 4 is 11.8 Å². The van der Waals surface area contributed by atoms with Gasteiger partial charge in [0.05, 0.1) is 5.41 Å². The van der Waals surface area contributed by atoms with Crippen molar-refractivity contribution < 1.29 is 9.59 Å². The largest absolute Gasteiger partial charge is 0.370 e. The molecule has 0 bridgehead atoms. The van der Waals surface area contributed by atoms with Crippen molar-refractivity contribution in [3.05, 3.63) is 35.9 Å². The van der Waals surface area contributed by atoms with E-state index in [1.807, 2.05) is 30.3 Å². The van der Waals surface area contributed by atoms with Gasteiger partial charge in [-0.05, 0) is 17.9 Å². The van der Waals surface area contributed by atoms with E-state index < -0.39 is 5.41 Å². The summed E-state index contributed by atoms with van der Waals surface area (Å²) in [5, 5.41) is 0. The average Bonchev–Trinajstić information content (AvgIpc) is 2.29. The summed E-state index contributed by atoms with van der Waals surface area (Å²) in [6.07, 6.45) is 0.769. The zero-order chi connectivity index (χ0) is 13.8. The summed E-state index contributed by atoms with van der Waals surface area (Å²) in [7, 11) is 0. The highest BCUT2D eigenvalue weighted by atomic mass is 16.1. The van der Waals surface area contributed by atoms with Gasteiger partial charge in [-0.25, -0.2) is 0 Å². The van der Waals surface area contributed by atoms with Crippen LogP contribution in [-0.2, 0) is 9.59 Å². The molecule has 0 aromatic heterocycles. The standard InChI is InChI=1S/C14H20N2O2/c1-14(2,13(16)18)11(8-9-12(15)17)10-6-4-3-5-7-10/h3-7,11H,8-9H2,1-2H3,(H2,15,17)(H2,16,18). The highest BCUT2D eigenvalue weighted by molar-refractivity contribution is 5.81. The Morgan fingerprint density at radius 2 is 1.72 bits per heavy atom. The van der Waals surface area contributed by atoms with Crippen LogP contribution in [0.5, 0.6) is 0 Å². The molecule has 1 rings (SSSR count). The molecule has 0 saturated carbocycles. The molecular formula is C14H20N2O2. The van der Waals surface area contributed by atoms with Gasteiger partial charge in [0, 0.05) is 6.42 Å². The Balaban J connectivity index is 3.03. The molecule has 0 aliphatic rings. The fourth-order valence-electron chi connectivity index (χ4n) is 2.09. The molecular weight excluding hydrogens is 228 g/mol. The Morgan fingerprint density at radius 3 is 2.17 bits per heavy atom. The highest BCUT2D eigenvalue weighted by Gasteiger charge is 2.35. The van der Waals surface area contributed by atoms with E-state index >= 15 is 0 Å². The van der Waals surface area contributed by atoms with Gasteiger partial charge >= 0.3 is 0 Å². The Labute approximate surface area is 107 Å². The van der Waals surface area contributed by atoms with Gasteiger partial charge < -0.3 is 11.5 Å². The van der Waals surface area contributed by atoms with Crippen molar-refractivity contribution in [3.63, 3.8) is 0 Å². The van der Waals surface area contributed by atoms with Crippen LogP contribution in [0.1, 0.15) is 38.2 Å². The van der Waals surface area contributed by atoms with Crippen molar-refractivity contribution in [1.82, 2.24) is 0 Å². The molecule has 1 atom stereocenters. The molecule has 98 valence electrons. The summed E-state index contributed by atoms with van der Waals surface area (Å²) in [5.74, 6) is -0.847. The molecule has 18 heavy (non-hydrogen) atoms. The van der Waals surface area contributed by atoms with E-state index in [1.54, 1.807) is 13.8 Å². The predicted octanol–water partition coefficient (Wildman–Crippen LogP) is 1.55. The molecule has 1 aromatic carbocycles. The van der Waals surface area contributed by atoms with Crippen molar-refractivity contribution in [2.75, 3.05) is 0 Å². The van der Waals surface area contributed by atoms with Gasteiger partial charge in [-0.15, -0.1) is 0 Å². The summed E-state index contributed by atoms with van der Waals surface area (Å²) >= 11 is 0. The Hall–Kier alpha value is -1.84. The molecule has 2 amide bonds. The van der Waals surface area contributed by atoms with Gasteiger partial charge in [0.15, 0.2) is 0 Å². The number of hydrogen-bond donors (Lipinski definition) is 2. The minimum absolute atomic E-state index is 0.108. The number of amides is 2. The topological polar surface area (TPSA) is 86.2 Å². The fraction of sp³-hybridized carbons (Fsp3) is 0.429. The molecule has 0 radical (unpaired) electrons. The lowest BCUT2D eigenvalue weighted by atomic mass is 9.72. The van der Waals surface area contributed by atoms with Gasteiger partial charge in [-0.2, -0.15) is 0 Å². The second-order valence-corrected chi connectivity index (χ2v) is 5.05. The lowest BCUT2D eigenvalue weighted by molar-refractivity contribution is -0.128. The van der Waals surface area contributed by atoms with Crippen LogP contribution in [0.25, 0.3) is 0 Å². The van der Waals surface area contributed by atoms with E-state index in [0.717, 1.165) is 5.56 Å². The first-order valence-corrected chi connectivity index (χ1v) is 5.99. The summed E-state index contributed by atoms with van der Waals surface area (Å²) in [6, 6.07) is 9.60. The van der Waals surface area contributed by atoms with E-state index in [4.69, 9.17) is 11.5 Å². The first kappa shape index (κ1) is 14.2. The maximum atomic E-state index is 11.6. The third-order valence-electron chi connectivity index (χ3n) is 3.39. The van der Waals surface area contributed by atoms with Gasteiger partial charge in [0.2, 0.25) is 11.8 Å². The molecule has 0 fully saturated rings. The molecule has 0 aliphatic heterocycles. The summed E-state index contributed by atoms with van der Waals surface area (Å²) < 4.78 is 0. The second kappa shape index (κ2) is 5.67. The minimum atomic E-state index is -0.712. The van der Waals surface area contributed by atoms with Crippen LogP contribution in [0.4, 0.5) is 0 Å². The van der Waals surface area contributed by atoms with Crippen LogP contribution in [-0.4, -0.2) is 11.8 Å². The van der Waals surface area contributed by atoms with Crippen molar-refractivity contribution in [2.45, 2.75) is 32.6 Å². The summed E-state index contributed by atoms with van der Waals surface area (Å²) in [4.78, 5) is 22.5. The van der Waals surface area contributed by atoms with Gasteiger partial charge in [-0.3, -0.25) is 9.59 Å². The number of hydrogen-bond acceptors (Lipinski definition) is 2. The molecule has 0 spiro atoms. The zero-order valence-electron chi connectivity index (χ0n) is 10.8. The van der Waals surface area contributed by atoms with E-state index in [1.165, 1.54) is 0 Å².